The topological polar surface area (TPSA) is 60.2 Å². The van der Waals surface area contributed by atoms with Crippen molar-refractivity contribution in [2.24, 2.45) is 10.9 Å². The highest BCUT2D eigenvalue weighted by Crippen LogP contribution is 2.28. The van der Waals surface area contributed by atoms with Gasteiger partial charge in [-0.2, -0.15) is 5.26 Å². The lowest BCUT2D eigenvalue weighted by Crippen LogP contribution is -2.37. The molecule has 0 unspecified atom stereocenters. The fourth-order valence-electron chi connectivity index (χ4n) is 3.08. The lowest BCUT2D eigenvalue weighted by molar-refractivity contribution is 0.481. The molecule has 0 atom stereocenters. The number of aliphatic imine (C=N–C) groups is 1. The SMILES string of the molecule is CN=C(NCCCC1CCCC1)NCc1cc(C#N)ccc1F.I. The van der Waals surface area contributed by atoms with Crippen molar-refractivity contribution in [2.75, 3.05) is 13.6 Å². The van der Waals surface area contributed by atoms with E-state index in [1.165, 1.54) is 44.2 Å². The zero-order valence-electron chi connectivity index (χ0n) is 14.1. The predicted octanol–water partition coefficient (Wildman–Crippen LogP) is 3.95. The minimum Gasteiger partial charge on any atom is -0.356 e. The first kappa shape index (κ1) is 20.7. The molecule has 0 saturated heterocycles. The van der Waals surface area contributed by atoms with E-state index in [1.807, 2.05) is 6.07 Å². The van der Waals surface area contributed by atoms with Gasteiger partial charge in [0.25, 0.3) is 0 Å². The Hall–Kier alpha value is -1.36. The first-order valence-electron chi connectivity index (χ1n) is 8.36. The van der Waals surface area contributed by atoms with Gasteiger partial charge in [-0.1, -0.05) is 25.7 Å². The maximum atomic E-state index is 13.7. The summed E-state index contributed by atoms with van der Waals surface area (Å²) in [5, 5.41) is 15.2. The highest BCUT2D eigenvalue weighted by Gasteiger charge is 2.14. The van der Waals surface area contributed by atoms with E-state index in [2.05, 4.69) is 15.6 Å². The Labute approximate surface area is 161 Å². The molecule has 1 aromatic rings. The molecular formula is C18H26FIN4. The summed E-state index contributed by atoms with van der Waals surface area (Å²) in [5.41, 5.74) is 0.931. The van der Waals surface area contributed by atoms with Gasteiger partial charge in [-0.3, -0.25) is 4.99 Å². The minimum atomic E-state index is -0.312. The fraction of sp³-hybridized carbons (Fsp3) is 0.556. The fourth-order valence-corrected chi connectivity index (χ4v) is 3.08. The third-order valence-electron chi connectivity index (χ3n) is 4.40. The molecule has 132 valence electrons. The number of guanidine groups is 1. The Morgan fingerprint density at radius 1 is 1.33 bits per heavy atom. The summed E-state index contributed by atoms with van der Waals surface area (Å²) < 4.78 is 13.7. The van der Waals surface area contributed by atoms with Crippen molar-refractivity contribution < 1.29 is 4.39 Å². The van der Waals surface area contributed by atoms with Crippen LogP contribution in [-0.4, -0.2) is 19.6 Å². The number of halogens is 2. The van der Waals surface area contributed by atoms with Gasteiger partial charge < -0.3 is 10.6 Å². The van der Waals surface area contributed by atoms with Crippen molar-refractivity contribution in [3.63, 3.8) is 0 Å². The van der Waals surface area contributed by atoms with Crippen molar-refractivity contribution in [1.82, 2.24) is 10.6 Å². The lowest BCUT2D eigenvalue weighted by atomic mass is 10.0. The second-order valence-electron chi connectivity index (χ2n) is 6.06. The molecule has 1 aliphatic carbocycles. The second kappa shape index (κ2) is 11.2. The number of benzene rings is 1. The van der Waals surface area contributed by atoms with Crippen LogP contribution in [0.2, 0.25) is 0 Å². The van der Waals surface area contributed by atoms with Crippen molar-refractivity contribution in [2.45, 2.75) is 45.1 Å². The summed E-state index contributed by atoms with van der Waals surface area (Å²) in [6.45, 7) is 1.18. The molecule has 0 amide bonds. The number of nitrogens with one attached hydrogen (secondary N) is 2. The van der Waals surface area contributed by atoms with Gasteiger partial charge in [0.1, 0.15) is 5.82 Å². The molecule has 0 heterocycles. The zero-order chi connectivity index (χ0) is 16.5. The molecule has 2 N–H and O–H groups in total. The molecule has 0 bridgehead atoms. The van der Waals surface area contributed by atoms with Gasteiger partial charge in [-0.05, 0) is 37.0 Å². The van der Waals surface area contributed by atoms with E-state index >= 15 is 0 Å². The van der Waals surface area contributed by atoms with Gasteiger partial charge in [0.15, 0.2) is 5.96 Å². The first-order valence-corrected chi connectivity index (χ1v) is 8.36. The van der Waals surface area contributed by atoms with Crippen LogP contribution >= 0.6 is 24.0 Å². The van der Waals surface area contributed by atoms with Crippen LogP contribution < -0.4 is 10.6 Å². The normalized spacial score (nSPS) is 14.8. The van der Waals surface area contributed by atoms with Gasteiger partial charge in [-0.25, -0.2) is 4.39 Å². The maximum Gasteiger partial charge on any atom is 0.191 e. The van der Waals surface area contributed by atoms with Crippen LogP contribution in [0, 0.1) is 23.1 Å². The molecule has 4 nitrogen and oxygen atoms in total. The third-order valence-corrected chi connectivity index (χ3v) is 4.40. The number of nitriles is 1. The summed E-state index contributed by atoms with van der Waals surface area (Å²) in [6.07, 6.45) is 7.92. The Morgan fingerprint density at radius 3 is 2.75 bits per heavy atom. The number of hydrogen-bond acceptors (Lipinski definition) is 2. The van der Waals surface area contributed by atoms with Crippen molar-refractivity contribution in [3.8, 4) is 6.07 Å². The molecule has 0 spiro atoms. The van der Waals surface area contributed by atoms with E-state index in [4.69, 9.17) is 5.26 Å². The average Bonchev–Trinajstić information content (AvgIpc) is 3.09. The molecule has 0 aliphatic heterocycles. The van der Waals surface area contributed by atoms with Crippen LogP contribution in [0.25, 0.3) is 0 Å². The van der Waals surface area contributed by atoms with Gasteiger partial charge in [0.05, 0.1) is 11.6 Å². The summed E-state index contributed by atoms with van der Waals surface area (Å²) in [6, 6.07) is 6.40. The largest absolute Gasteiger partial charge is 0.356 e. The van der Waals surface area contributed by atoms with Crippen molar-refractivity contribution in [3.05, 3.63) is 35.1 Å². The molecule has 1 aliphatic rings. The molecule has 1 aromatic carbocycles. The minimum absolute atomic E-state index is 0. The molecule has 6 heteroatoms. The summed E-state index contributed by atoms with van der Waals surface area (Å²) in [5.74, 6) is 1.25. The molecule has 1 saturated carbocycles. The van der Waals surface area contributed by atoms with E-state index in [9.17, 15) is 4.39 Å². The predicted molar refractivity (Wildman–Crippen MR) is 106 cm³/mol. The average molecular weight is 444 g/mol. The van der Waals surface area contributed by atoms with Crippen LogP contribution in [-0.2, 0) is 6.54 Å². The Kier molecular flexibility index (Phi) is 9.69. The van der Waals surface area contributed by atoms with E-state index in [1.54, 1.807) is 13.1 Å². The van der Waals surface area contributed by atoms with Crippen LogP contribution in [0.1, 0.15) is 49.7 Å². The third kappa shape index (κ3) is 6.63. The van der Waals surface area contributed by atoms with Gasteiger partial charge in [0, 0.05) is 25.7 Å². The lowest BCUT2D eigenvalue weighted by Gasteiger charge is -2.13. The highest BCUT2D eigenvalue weighted by atomic mass is 127. The molecule has 2 rings (SSSR count). The molecule has 0 radical (unpaired) electrons. The monoisotopic (exact) mass is 444 g/mol. The Balaban J connectivity index is 0.00000288. The number of nitrogens with zero attached hydrogens (tertiary/aromatic N) is 2. The smallest absolute Gasteiger partial charge is 0.191 e. The summed E-state index contributed by atoms with van der Waals surface area (Å²) >= 11 is 0. The molecule has 24 heavy (non-hydrogen) atoms. The van der Waals surface area contributed by atoms with E-state index in [-0.39, 0.29) is 29.8 Å². The Morgan fingerprint density at radius 2 is 2.08 bits per heavy atom. The number of hydrogen-bond donors (Lipinski definition) is 2. The van der Waals surface area contributed by atoms with Gasteiger partial charge in [0.2, 0.25) is 0 Å². The molecule has 1 fully saturated rings. The molecular weight excluding hydrogens is 418 g/mol. The van der Waals surface area contributed by atoms with E-state index in [0.717, 1.165) is 18.9 Å². The van der Waals surface area contributed by atoms with E-state index in [0.29, 0.717) is 23.6 Å². The summed E-state index contributed by atoms with van der Waals surface area (Å²) in [4.78, 5) is 4.15. The highest BCUT2D eigenvalue weighted by molar-refractivity contribution is 14.0. The van der Waals surface area contributed by atoms with Gasteiger partial charge >= 0.3 is 0 Å². The first-order chi connectivity index (χ1) is 11.2. The van der Waals surface area contributed by atoms with Gasteiger partial charge in [-0.15, -0.1) is 24.0 Å². The van der Waals surface area contributed by atoms with Crippen LogP contribution in [0.4, 0.5) is 4.39 Å². The van der Waals surface area contributed by atoms with E-state index < -0.39 is 0 Å². The van der Waals surface area contributed by atoms with Crippen LogP contribution in [0.3, 0.4) is 0 Å². The van der Waals surface area contributed by atoms with Crippen molar-refractivity contribution >= 4 is 29.9 Å². The Bertz CT molecular complexity index is 577. The van der Waals surface area contributed by atoms with Crippen molar-refractivity contribution in [1.29, 1.82) is 5.26 Å². The second-order valence-corrected chi connectivity index (χ2v) is 6.06. The zero-order valence-corrected chi connectivity index (χ0v) is 16.5. The maximum absolute atomic E-state index is 13.7. The van der Waals surface area contributed by atoms with Crippen LogP contribution in [0.15, 0.2) is 23.2 Å². The quantitative estimate of drug-likeness (QED) is 0.302. The standard InChI is InChI=1S/C18H25FN4.HI/c1-21-18(22-10-4-7-14-5-2-3-6-14)23-13-16-11-15(12-20)8-9-17(16)19;/h8-9,11,14H,2-7,10,13H2,1H3,(H2,21,22,23);1H. The molecule has 0 aromatic heterocycles. The summed E-state index contributed by atoms with van der Waals surface area (Å²) in [7, 11) is 1.70. The number of rotatable bonds is 6. The van der Waals surface area contributed by atoms with Crippen LogP contribution in [0.5, 0.6) is 0 Å².